The molecule has 1 aromatic heterocycles. The van der Waals surface area contributed by atoms with E-state index in [4.69, 9.17) is 4.52 Å². The summed E-state index contributed by atoms with van der Waals surface area (Å²) in [6, 6.07) is 2.03. The summed E-state index contributed by atoms with van der Waals surface area (Å²) in [5.41, 5.74) is 1.16. The van der Waals surface area contributed by atoms with Crippen molar-refractivity contribution in [3.05, 3.63) is 18.0 Å². The lowest BCUT2D eigenvalue weighted by Crippen LogP contribution is -1.99. The van der Waals surface area contributed by atoms with Crippen LogP contribution in [0.2, 0.25) is 0 Å². The van der Waals surface area contributed by atoms with Crippen molar-refractivity contribution in [2.75, 3.05) is 0 Å². The van der Waals surface area contributed by atoms with Gasteiger partial charge in [0.15, 0.2) is 0 Å². The second-order valence-corrected chi connectivity index (χ2v) is 4.61. The highest BCUT2D eigenvalue weighted by atomic mass is 16.5. The van der Waals surface area contributed by atoms with Gasteiger partial charge >= 0.3 is 0 Å². The van der Waals surface area contributed by atoms with E-state index in [2.05, 4.69) is 19.0 Å². The lowest BCUT2D eigenvalue weighted by molar-refractivity contribution is 0.394. The van der Waals surface area contributed by atoms with Crippen LogP contribution in [0.15, 0.2) is 16.9 Å². The average Bonchev–Trinajstić information content (AvgIpc) is 2.82. The number of rotatable bonds is 9. The highest BCUT2D eigenvalue weighted by Gasteiger charge is 2.13. The van der Waals surface area contributed by atoms with Crippen molar-refractivity contribution < 1.29 is 4.52 Å². The predicted octanol–water partition coefficient (Wildman–Crippen LogP) is 4.92. The molecule has 0 radical (unpaired) electrons. The molecule has 0 fully saturated rings. The van der Waals surface area contributed by atoms with Crippen LogP contribution in [0.5, 0.6) is 0 Å². The second kappa shape index (κ2) is 8.37. The van der Waals surface area contributed by atoms with Crippen LogP contribution in [-0.2, 0) is 0 Å². The van der Waals surface area contributed by atoms with Gasteiger partial charge in [0.2, 0.25) is 0 Å². The topological polar surface area (TPSA) is 26.0 Å². The predicted molar refractivity (Wildman–Crippen MR) is 67.5 cm³/mol. The zero-order valence-corrected chi connectivity index (χ0v) is 10.7. The van der Waals surface area contributed by atoms with Gasteiger partial charge in [-0.2, -0.15) is 0 Å². The summed E-state index contributed by atoms with van der Waals surface area (Å²) in [4.78, 5) is 0. The van der Waals surface area contributed by atoms with E-state index in [9.17, 15) is 0 Å². The van der Waals surface area contributed by atoms with E-state index in [1.165, 1.54) is 51.4 Å². The Bertz CT molecular complexity index is 243. The Labute approximate surface area is 99.4 Å². The van der Waals surface area contributed by atoms with E-state index in [0.29, 0.717) is 5.92 Å². The largest absolute Gasteiger partial charge is 0.365 e. The molecular weight excluding hydrogens is 198 g/mol. The minimum absolute atomic E-state index is 0.621. The molecule has 0 saturated carbocycles. The first-order valence-corrected chi connectivity index (χ1v) is 6.78. The zero-order valence-electron chi connectivity index (χ0n) is 10.7. The fraction of sp³-hybridized carbons (Fsp3) is 0.786. The van der Waals surface area contributed by atoms with Crippen LogP contribution >= 0.6 is 0 Å². The van der Waals surface area contributed by atoms with Crippen LogP contribution in [0.25, 0.3) is 0 Å². The molecule has 1 heterocycles. The van der Waals surface area contributed by atoms with Gasteiger partial charge in [-0.1, -0.05) is 57.5 Å². The molecule has 16 heavy (non-hydrogen) atoms. The average molecular weight is 223 g/mol. The molecule has 0 aliphatic rings. The molecule has 2 nitrogen and oxygen atoms in total. The van der Waals surface area contributed by atoms with Crippen molar-refractivity contribution in [1.29, 1.82) is 0 Å². The first kappa shape index (κ1) is 13.3. The van der Waals surface area contributed by atoms with E-state index < -0.39 is 0 Å². The molecule has 92 valence electrons. The molecule has 1 aromatic rings. The fourth-order valence-corrected chi connectivity index (χ4v) is 2.14. The van der Waals surface area contributed by atoms with Gasteiger partial charge in [0.25, 0.3) is 0 Å². The van der Waals surface area contributed by atoms with Gasteiger partial charge in [0, 0.05) is 12.0 Å². The summed E-state index contributed by atoms with van der Waals surface area (Å²) < 4.78 is 4.95. The maximum atomic E-state index is 4.95. The standard InChI is InChI=1S/C14H25NO/c1-3-5-7-8-10-13(9-6-4-2)14-11-12-16-15-14/h11-13H,3-10H2,1-2H3. The van der Waals surface area contributed by atoms with Crippen LogP contribution in [0, 0.1) is 0 Å². The van der Waals surface area contributed by atoms with Gasteiger partial charge in [0.1, 0.15) is 6.26 Å². The summed E-state index contributed by atoms with van der Waals surface area (Å²) >= 11 is 0. The Hall–Kier alpha value is -0.790. The minimum atomic E-state index is 0.621. The molecule has 0 bridgehead atoms. The van der Waals surface area contributed by atoms with Gasteiger partial charge in [-0.05, 0) is 12.8 Å². The third-order valence-electron chi connectivity index (χ3n) is 3.19. The normalized spacial score (nSPS) is 12.9. The van der Waals surface area contributed by atoms with Crippen molar-refractivity contribution in [1.82, 2.24) is 5.16 Å². The Balaban J connectivity index is 2.32. The highest BCUT2D eigenvalue weighted by molar-refractivity contribution is 5.03. The minimum Gasteiger partial charge on any atom is -0.365 e. The van der Waals surface area contributed by atoms with Gasteiger partial charge in [-0.3, -0.25) is 0 Å². The Morgan fingerprint density at radius 1 is 1.06 bits per heavy atom. The van der Waals surface area contributed by atoms with Crippen LogP contribution in [0.4, 0.5) is 0 Å². The third kappa shape index (κ3) is 4.82. The Morgan fingerprint density at radius 3 is 2.44 bits per heavy atom. The van der Waals surface area contributed by atoms with E-state index in [0.717, 1.165) is 5.69 Å². The van der Waals surface area contributed by atoms with Gasteiger partial charge in [-0.15, -0.1) is 0 Å². The Kier molecular flexibility index (Phi) is 6.95. The number of unbranched alkanes of at least 4 members (excludes halogenated alkanes) is 4. The summed E-state index contributed by atoms with van der Waals surface area (Å²) in [5, 5.41) is 4.09. The van der Waals surface area contributed by atoms with Crippen LogP contribution in [0.3, 0.4) is 0 Å². The molecule has 1 atom stereocenters. The van der Waals surface area contributed by atoms with Crippen molar-refractivity contribution in [3.8, 4) is 0 Å². The van der Waals surface area contributed by atoms with Crippen LogP contribution in [0.1, 0.15) is 76.8 Å². The molecule has 0 aromatic carbocycles. The smallest absolute Gasteiger partial charge is 0.124 e. The van der Waals surface area contributed by atoms with Crippen molar-refractivity contribution in [2.45, 2.75) is 71.1 Å². The van der Waals surface area contributed by atoms with Gasteiger partial charge in [0.05, 0.1) is 5.69 Å². The summed E-state index contributed by atoms with van der Waals surface area (Å²) in [6.45, 7) is 4.50. The molecule has 1 rings (SSSR count). The van der Waals surface area contributed by atoms with E-state index >= 15 is 0 Å². The van der Waals surface area contributed by atoms with Gasteiger partial charge < -0.3 is 4.52 Å². The highest BCUT2D eigenvalue weighted by Crippen LogP contribution is 2.26. The number of aromatic nitrogens is 1. The third-order valence-corrected chi connectivity index (χ3v) is 3.19. The van der Waals surface area contributed by atoms with E-state index in [-0.39, 0.29) is 0 Å². The SMILES string of the molecule is CCCCCCC(CCCC)c1ccon1. The number of nitrogens with zero attached hydrogens (tertiary/aromatic N) is 1. The Morgan fingerprint density at radius 2 is 1.81 bits per heavy atom. The monoisotopic (exact) mass is 223 g/mol. The summed E-state index contributed by atoms with van der Waals surface area (Å²) in [5.74, 6) is 0.621. The lowest BCUT2D eigenvalue weighted by Gasteiger charge is -2.13. The first-order valence-electron chi connectivity index (χ1n) is 6.78. The molecule has 0 aliphatic carbocycles. The van der Waals surface area contributed by atoms with Crippen LogP contribution in [-0.4, -0.2) is 5.16 Å². The molecule has 1 unspecified atom stereocenters. The van der Waals surface area contributed by atoms with Crippen molar-refractivity contribution in [2.24, 2.45) is 0 Å². The fourth-order valence-electron chi connectivity index (χ4n) is 2.14. The molecule has 0 saturated heterocycles. The second-order valence-electron chi connectivity index (χ2n) is 4.61. The molecule has 0 amide bonds. The van der Waals surface area contributed by atoms with Gasteiger partial charge in [-0.25, -0.2) is 0 Å². The van der Waals surface area contributed by atoms with Crippen molar-refractivity contribution in [3.63, 3.8) is 0 Å². The molecule has 0 N–H and O–H groups in total. The zero-order chi connectivity index (χ0) is 11.6. The number of hydrogen-bond acceptors (Lipinski definition) is 2. The summed E-state index contributed by atoms with van der Waals surface area (Å²) in [6.07, 6.45) is 12.1. The quantitative estimate of drug-likeness (QED) is 0.555. The summed E-state index contributed by atoms with van der Waals surface area (Å²) in [7, 11) is 0. The number of hydrogen-bond donors (Lipinski definition) is 0. The lowest BCUT2D eigenvalue weighted by atomic mass is 9.92. The molecule has 2 heteroatoms. The van der Waals surface area contributed by atoms with Crippen LogP contribution < -0.4 is 0 Å². The van der Waals surface area contributed by atoms with E-state index in [1.54, 1.807) is 6.26 Å². The first-order chi connectivity index (χ1) is 7.88. The molecule has 0 aliphatic heterocycles. The molecular formula is C14H25NO. The maximum absolute atomic E-state index is 4.95. The van der Waals surface area contributed by atoms with Crippen molar-refractivity contribution >= 4 is 0 Å². The maximum Gasteiger partial charge on any atom is 0.124 e. The molecule has 0 spiro atoms. The van der Waals surface area contributed by atoms with E-state index in [1.807, 2.05) is 6.07 Å².